The molecule has 0 saturated heterocycles. The Morgan fingerprint density at radius 1 is 0.290 bits per heavy atom. The van der Waals surface area contributed by atoms with Crippen LogP contribution in [0.5, 0.6) is 0 Å². The highest BCUT2D eigenvalue weighted by Crippen LogP contribution is 2.64. The molecule has 9 aromatic carbocycles. The Morgan fingerprint density at radius 2 is 0.726 bits per heavy atom. The number of benzene rings is 9. The molecular weight excluding hydrogens is 771 g/mol. The molecule has 0 bridgehead atoms. The molecule has 62 heavy (non-hydrogen) atoms. The molecule has 3 nitrogen and oxygen atoms in total. The fraction of sp³-hybridized carbons (Fsp3) is 0.0172. The van der Waals surface area contributed by atoms with Gasteiger partial charge in [0.15, 0.2) is 17.5 Å². The van der Waals surface area contributed by atoms with Gasteiger partial charge < -0.3 is 0 Å². The molecule has 0 saturated carbocycles. The summed E-state index contributed by atoms with van der Waals surface area (Å²) in [7, 11) is 0. The maximum atomic E-state index is 5.14. The van der Waals surface area contributed by atoms with Gasteiger partial charge in [0.05, 0.1) is 5.41 Å². The third-order valence-corrected chi connectivity index (χ3v) is 14.1. The van der Waals surface area contributed by atoms with Crippen molar-refractivity contribution < 1.29 is 0 Å². The number of thiophene rings is 1. The van der Waals surface area contributed by atoms with Crippen molar-refractivity contribution in [1.82, 2.24) is 15.0 Å². The standard InChI is InChI=1S/C58H35N3S/c1-2-13-38(14-3-1)55-59-56(39-29-25-36(26-30-39)41-33-34-47-46-18-7-11-24-52(46)62-53(47)35-41)61-57(60-55)40-31-27-37(28-32-40)42-19-12-20-48-45-17-6-10-23-51(45)58(54(42)48)49-21-8-4-15-43(49)44-16-5-9-22-50(44)58/h1-35H. The Hall–Kier alpha value is -7.79. The molecule has 0 amide bonds. The number of nitrogens with zero attached hydrogens (tertiary/aromatic N) is 3. The summed E-state index contributed by atoms with van der Waals surface area (Å²) in [6.45, 7) is 0. The monoisotopic (exact) mass is 805 g/mol. The zero-order chi connectivity index (χ0) is 40.8. The van der Waals surface area contributed by atoms with E-state index in [1.807, 2.05) is 29.5 Å². The Bertz CT molecular complexity index is 3500. The van der Waals surface area contributed by atoms with Crippen LogP contribution >= 0.6 is 11.3 Å². The summed E-state index contributed by atoms with van der Waals surface area (Å²) in [5, 5.41) is 2.62. The molecule has 0 fully saturated rings. The lowest BCUT2D eigenvalue weighted by Crippen LogP contribution is -2.26. The van der Waals surface area contributed by atoms with Gasteiger partial charge in [0.25, 0.3) is 0 Å². The molecule has 0 radical (unpaired) electrons. The molecular formula is C58H35N3S. The van der Waals surface area contributed by atoms with Crippen molar-refractivity contribution in [3.05, 3.63) is 235 Å². The molecule has 2 aliphatic carbocycles. The normalized spacial score (nSPS) is 13.0. The van der Waals surface area contributed by atoms with Crippen molar-refractivity contribution in [2.24, 2.45) is 0 Å². The van der Waals surface area contributed by atoms with Gasteiger partial charge in [-0.15, -0.1) is 11.3 Å². The predicted molar refractivity (Wildman–Crippen MR) is 256 cm³/mol. The van der Waals surface area contributed by atoms with E-state index in [2.05, 4.69) is 194 Å². The van der Waals surface area contributed by atoms with E-state index in [0.717, 1.165) is 27.8 Å². The lowest BCUT2D eigenvalue weighted by Gasteiger charge is -2.32. The van der Waals surface area contributed by atoms with Crippen molar-refractivity contribution in [3.8, 4) is 78.7 Å². The lowest BCUT2D eigenvalue weighted by molar-refractivity contribution is 0.796. The minimum atomic E-state index is -0.428. The number of hydrogen-bond acceptors (Lipinski definition) is 4. The number of fused-ring (bicyclic) bond motifs is 13. The molecule has 0 unspecified atom stereocenters. The quantitative estimate of drug-likeness (QED) is 0.174. The van der Waals surface area contributed by atoms with Crippen molar-refractivity contribution >= 4 is 31.5 Å². The van der Waals surface area contributed by atoms with Crippen LogP contribution in [0.4, 0.5) is 0 Å². The fourth-order valence-corrected chi connectivity index (χ4v) is 11.4. The van der Waals surface area contributed by atoms with E-state index in [4.69, 9.17) is 15.0 Å². The molecule has 0 N–H and O–H groups in total. The zero-order valence-corrected chi connectivity index (χ0v) is 34.3. The summed E-state index contributed by atoms with van der Waals surface area (Å²) in [6, 6.07) is 76.8. The Morgan fingerprint density at radius 3 is 1.35 bits per heavy atom. The zero-order valence-electron chi connectivity index (χ0n) is 33.5. The smallest absolute Gasteiger partial charge is 0.164 e. The molecule has 13 rings (SSSR count). The van der Waals surface area contributed by atoms with Gasteiger partial charge in [-0.05, 0) is 78.9 Å². The van der Waals surface area contributed by atoms with Crippen LogP contribution in [0.3, 0.4) is 0 Å². The second-order valence-electron chi connectivity index (χ2n) is 16.3. The summed E-state index contributed by atoms with van der Waals surface area (Å²) in [4.78, 5) is 15.3. The van der Waals surface area contributed by atoms with Gasteiger partial charge in [-0.25, -0.2) is 15.0 Å². The highest BCUT2D eigenvalue weighted by Gasteiger charge is 2.52. The van der Waals surface area contributed by atoms with E-state index in [1.54, 1.807) is 0 Å². The molecule has 2 heterocycles. The van der Waals surface area contributed by atoms with Gasteiger partial charge in [-0.3, -0.25) is 0 Å². The van der Waals surface area contributed by atoms with Gasteiger partial charge in [0, 0.05) is 36.9 Å². The summed E-state index contributed by atoms with van der Waals surface area (Å²) in [6.07, 6.45) is 0. The highest BCUT2D eigenvalue weighted by molar-refractivity contribution is 7.25. The van der Waals surface area contributed by atoms with E-state index < -0.39 is 5.41 Å². The Labute approximate surface area is 363 Å². The van der Waals surface area contributed by atoms with Crippen LogP contribution in [0.2, 0.25) is 0 Å². The predicted octanol–water partition coefficient (Wildman–Crippen LogP) is 14.9. The SMILES string of the molecule is c1ccc(-c2nc(-c3ccc(-c4ccc5c(c4)sc4ccccc45)cc3)nc(-c3ccc(-c4cccc5c4C4(c6ccccc6-c6ccccc64)c4ccccc4-5)cc3)n2)cc1. The highest BCUT2D eigenvalue weighted by atomic mass is 32.1. The van der Waals surface area contributed by atoms with Crippen LogP contribution in [0.25, 0.3) is 98.8 Å². The van der Waals surface area contributed by atoms with Crippen molar-refractivity contribution in [3.63, 3.8) is 0 Å². The van der Waals surface area contributed by atoms with Crippen LogP contribution < -0.4 is 0 Å². The Balaban J connectivity index is 0.907. The minimum Gasteiger partial charge on any atom is -0.208 e. The third-order valence-electron chi connectivity index (χ3n) is 13.0. The maximum Gasteiger partial charge on any atom is 0.164 e. The van der Waals surface area contributed by atoms with E-state index in [1.165, 1.54) is 75.8 Å². The summed E-state index contributed by atoms with van der Waals surface area (Å²) in [5.41, 5.74) is 17.7. The topological polar surface area (TPSA) is 38.7 Å². The molecule has 288 valence electrons. The van der Waals surface area contributed by atoms with E-state index >= 15 is 0 Å². The number of rotatable bonds is 5. The van der Waals surface area contributed by atoms with Crippen molar-refractivity contribution in [1.29, 1.82) is 0 Å². The molecule has 2 aromatic heterocycles. The van der Waals surface area contributed by atoms with Crippen LogP contribution in [0.15, 0.2) is 212 Å². The summed E-state index contributed by atoms with van der Waals surface area (Å²) < 4.78 is 2.61. The van der Waals surface area contributed by atoms with Crippen molar-refractivity contribution in [2.75, 3.05) is 0 Å². The van der Waals surface area contributed by atoms with E-state index in [0.29, 0.717) is 17.5 Å². The first-order valence-corrected chi connectivity index (χ1v) is 21.9. The fourth-order valence-electron chi connectivity index (χ4n) is 10.3. The van der Waals surface area contributed by atoms with Gasteiger partial charge in [-0.1, -0.05) is 200 Å². The second-order valence-corrected chi connectivity index (χ2v) is 17.3. The number of hydrogen-bond donors (Lipinski definition) is 0. The average Bonchev–Trinajstić information content (AvgIpc) is 3.98. The van der Waals surface area contributed by atoms with Gasteiger partial charge in [0.2, 0.25) is 0 Å². The molecule has 2 aliphatic rings. The lowest BCUT2D eigenvalue weighted by atomic mass is 9.68. The Kier molecular flexibility index (Phi) is 7.69. The first-order valence-electron chi connectivity index (χ1n) is 21.1. The molecule has 4 heteroatoms. The van der Waals surface area contributed by atoms with Gasteiger partial charge >= 0.3 is 0 Å². The molecule has 0 atom stereocenters. The van der Waals surface area contributed by atoms with Crippen LogP contribution in [0.1, 0.15) is 22.3 Å². The van der Waals surface area contributed by atoms with Crippen molar-refractivity contribution in [2.45, 2.75) is 5.41 Å². The largest absolute Gasteiger partial charge is 0.208 e. The van der Waals surface area contributed by atoms with E-state index in [9.17, 15) is 0 Å². The third kappa shape index (κ3) is 5.14. The second kappa shape index (κ2) is 13.6. The molecule has 1 spiro atoms. The molecule has 11 aromatic rings. The van der Waals surface area contributed by atoms with Gasteiger partial charge in [-0.2, -0.15) is 0 Å². The van der Waals surface area contributed by atoms with E-state index in [-0.39, 0.29) is 0 Å². The van der Waals surface area contributed by atoms with Crippen LogP contribution in [-0.2, 0) is 5.41 Å². The summed E-state index contributed by atoms with van der Waals surface area (Å²) >= 11 is 1.84. The number of aromatic nitrogens is 3. The average molecular weight is 806 g/mol. The van der Waals surface area contributed by atoms with Crippen LogP contribution in [0, 0.1) is 0 Å². The van der Waals surface area contributed by atoms with Gasteiger partial charge in [0.1, 0.15) is 0 Å². The first-order chi connectivity index (χ1) is 30.7. The molecule has 0 aliphatic heterocycles. The summed E-state index contributed by atoms with van der Waals surface area (Å²) in [5.74, 6) is 1.93. The maximum absolute atomic E-state index is 5.14. The van der Waals surface area contributed by atoms with Crippen LogP contribution in [-0.4, -0.2) is 15.0 Å². The minimum absolute atomic E-state index is 0.428. The first kappa shape index (κ1) is 35.0.